The molecule has 8 heteroatoms. The zero-order chi connectivity index (χ0) is 26.1. The topological polar surface area (TPSA) is 71.6 Å². The molecule has 0 saturated carbocycles. The molecule has 8 nitrogen and oxygen atoms in total. The van der Waals surface area contributed by atoms with Crippen LogP contribution in [0.5, 0.6) is 5.75 Å². The molecule has 1 fully saturated rings. The Morgan fingerprint density at radius 1 is 0.944 bits per heavy atom. The number of benzene rings is 2. The fraction of sp³-hybridized carbons (Fsp3) is 0.500. The van der Waals surface area contributed by atoms with Crippen LogP contribution in [0.2, 0.25) is 0 Å². The minimum absolute atomic E-state index is 0.212. The number of hydrogen-bond donors (Lipinski definition) is 0. The first-order chi connectivity index (χ1) is 17.1. The van der Waals surface area contributed by atoms with E-state index < -0.39 is 5.60 Å². The molecule has 1 heterocycles. The number of ether oxygens (including phenoxy) is 3. The highest BCUT2D eigenvalue weighted by Crippen LogP contribution is 2.20. The van der Waals surface area contributed by atoms with Gasteiger partial charge in [0, 0.05) is 32.6 Å². The molecule has 196 valence electrons. The smallest absolute Gasteiger partial charge is 0.410 e. The van der Waals surface area contributed by atoms with Crippen LogP contribution in [0.15, 0.2) is 54.6 Å². The highest BCUT2D eigenvalue weighted by atomic mass is 16.6. The highest BCUT2D eigenvalue weighted by Gasteiger charge is 2.35. The summed E-state index contributed by atoms with van der Waals surface area (Å²) < 4.78 is 17.1. The van der Waals surface area contributed by atoms with E-state index in [1.807, 2.05) is 89.5 Å². The van der Waals surface area contributed by atoms with E-state index >= 15 is 0 Å². The van der Waals surface area contributed by atoms with Crippen molar-refractivity contribution in [1.82, 2.24) is 14.7 Å². The fourth-order valence-electron chi connectivity index (χ4n) is 4.01. The standard InChI is InChI=1S/C28H39N3O5/c1-28(2,3)36-27(33)31-17-16-30(26(32)35-21-23-9-7-6-8-10-23)20-24(31)15-18-34-25-13-11-22(12-14-25)19-29(4)5/h6-14,24H,15-21H2,1-5H3/t24-/m1/s1. The lowest BCUT2D eigenvalue weighted by atomic mass is 10.1. The molecule has 0 spiro atoms. The second-order valence-electron chi connectivity index (χ2n) is 10.3. The Labute approximate surface area is 214 Å². The van der Waals surface area contributed by atoms with Crippen molar-refractivity contribution in [2.45, 2.75) is 52.0 Å². The zero-order valence-corrected chi connectivity index (χ0v) is 22.1. The van der Waals surface area contributed by atoms with Gasteiger partial charge in [0.15, 0.2) is 0 Å². The molecule has 0 bridgehead atoms. The Hall–Kier alpha value is -3.26. The van der Waals surface area contributed by atoms with Crippen molar-refractivity contribution in [3.8, 4) is 5.75 Å². The first-order valence-electron chi connectivity index (χ1n) is 12.4. The number of piperazine rings is 1. The summed E-state index contributed by atoms with van der Waals surface area (Å²) in [7, 11) is 4.07. The summed E-state index contributed by atoms with van der Waals surface area (Å²) in [5.74, 6) is 0.774. The minimum Gasteiger partial charge on any atom is -0.494 e. The van der Waals surface area contributed by atoms with Gasteiger partial charge in [-0.05, 0) is 58.1 Å². The number of nitrogens with zero attached hydrogens (tertiary/aromatic N) is 3. The maximum Gasteiger partial charge on any atom is 0.410 e. The first kappa shape index (κ1) is 27.3. The van der Waals surface area contributed by atoms with Gasteiger partial charge >= 0.3 is 12.2 Å². The molecule has 1 aliphatic rings. The predicted molar refractivity (Wildman–Crippen MR) is 139 cm³/mol. The molecule has 0 aliphatic carbocycles. The van der Waals surface area contributed by atoms with Crippen molar-refractivity contribution in [3.05, 3.63) is 65.7 Å². The minimum atomic E-state index is -0.599. The Morgan fingerprint density at radius 2 is 1.64 bits per heavy atom. The van der Waals surface area contributed by atoms with Gasteiger partial charge in [0.05, 0.1) is 12.6 Å². The summed E-state index contributed by atoms with van der Waals surface area (Å²) in [6.45, 7) is 8.15. The van der Waals surface area contributed by atoms with Crippen LogP contribution in [0.25, 0.3) is 0 Å². The van der Waals surface area contributed by atoms with E-state index in [0.29, 0.717) is 32.7 Å². The molecule has 0 unspecified atom stereocenters. The van der Waals surface area contributed by atoms with Gasteiger partial charge in [-0.25, -0.2) is 9.59 Å². The first-order valence-corrected chi connectivity index (χ1v) is 12.4. The zero-order valence-electron chi connectivity index (χ0n) is 22.1. The summed E-state index contributed by atoms with van der Waals surface area (Å²) in [5.41, 5.74) is 1.54. The van der Waals surface area contributed by atoms with Crippen LogP contribution in [0.4, 0.5) is 9.59 Å². The van der Waals surface area contributed by atoms with Gasteiger partial charge in [0.1, 0.15) is 18.0 Å². The fourth-order valence-corrected chi connectivity index (χ4v) is 4.01. The number of rotatable bonds is 8. The van der Waals surface area contributed by atoms with Gasteiger partial charge in [-0.3, -0.25) is 0 Å². The van der Waals surface area contributed by atoms with E-state index in [0.717, 1.165) is 17.9 Å². The molecule has 36 heavy (non-hydrogen) atoms. The van der Waals surface area contributed by atoms with E-state index in [9.17, 15) is 9.59 Å². The van der Waals surface area contributed by atoms with Gasteiger partial charge in [-0.1, -0.05) is 42.5 Å². The van der Waals surface area contributed by atoms with Crippen LogP contribution in [0.3, 0.4) is 0 Å². The van der Waals surface area contributed by atoms with Crippen LogP contribution in [0, 0.1) is 0 Å². The quantitative estimate of drug-likeness (QED) is 0.523. The molecule has 2 amide bonds. The van der Waals surface area contributed by atoms with E-state index in [-0.39, 0.29) is 24.8 Å². The molecule has 1 aliphatic heterocycles. The van der Waals surface area contributed by atoms with Crippen LogP contribution >= 0.6 is 0 Å². The molecular formula is C28H39N3O5. The molecular weight excluding hydrogens is 458 g/mol. The Morgan fingerprint density at radius 3 is 2.28 bits per heavy atom. The summed E-state index contributed by atoms with van der Waals surface area (Å²) >= 11 is 0. The van der Waals surface area contributed by atoms with Crippen LogP contribution < -0.4 is 4.74 Å². The van der Waals surface area contributed by atoms with Crippen LogP contribution in [-0.2, 0) is 22.6 Å². The van der Waals surface area contributed by atoms with Crippen LogP contribution in [-0.4, -0.2) is 78.9 Å². The van der Waals surface area contributed by atoms with Crippen molar-refractivity contribution in [3.63, 3.8) is 0 Å². The van der Waals surface area contributed by atoms with Crippen molar-refractivity contribution in [2.24, 2.45) is 0 Å². The third kappa shape index (κ3) is 8.75. The Balaban J connectivity index is 1.59. The molecule has 2 aromatic carbocycles. The number of hydrogen-bond acceptors (Lipinski definition) is 6. The molecule has 1 atom stereocenters. The predicted octanol–water partition coefficient (Wildman–Crippen LogP) is 4.78. The maximum absolute atomic E-state index is 12.9. The summed E-state index contributed by atoms with van der Waals surface area (Å²) in [6.07, 6.45) is -0.204. The lowest BCUT2D eigenvalue weighted by molar-refractivity contribution is -0.00614. The van der Waals surface area contributed by atoms with E-state index in [4.69, 9.17) is 14.2 Å². The normalized spacial score (nSPS) is 16.1. The van der Waals surface area contributed by atoms with Crippen molar-refractivity contribution >= 4 is 12.2 Å². The second kappa shape index (κ2) is 12.6. The maximum atomic E-state index is 12.9. The lowest BCUT2D eigenvalue weighted by Gasteiger charge is -2.41. The van der Waals surface area contributed by atoms with Crippen molar-refractivity contribution in [1.29, 1.82) is 0 Å². The Bertz CT molecular complexity index is 973. The second-order valence-corrected chi connectivity index (χ2v) is 10.3. The van der Waals surface area contributed by atoms with E-state index in [1.165, 1.54) is 5.56 Å². The van der Waals surface area contributed by atoms with Gasteiger partial charge in [-0.2, -0.15) is 0 Å². The van der Waals surface area contributed by atoms with Gasteiger partial charge < -0.3 is 28.9 Å². The van der Waals surface area contributed by atoms with Gasteiger partial charge in [0.25, 0.3) is 0 Å². The van der Waals surface area contributed by atoms with Gasteiger partial charge in [-0.15, -0.1) is 0 Å². The monoisotopic (exact) mass is 497 g/mol. The number of carbonyl (C=O) groups excluding carboxylic acids is 2. The van der Waals surface area contributed by atoms with Gasteiger partial charge in [0.2, 0.25) is 0 Å². The summed E-state index contributed by atoms with van der Waals surface area (Å²) in [6, 6.07) is 17.3. The number of carbonyl (C=O) groups is 2. The molecule has 1 saturated heterocycles. The molecule has 0 radical (unpaired) electrons. The average Bonchev–Trinajstić information content (AvgIpc) is 2.83. The molecule has 0 N–H and O–H groups in total. The lowest BCUT2D eigenvalue weighted by Crippen LogP contribution is -2.57. The van der Waals surface area contributed by atoms with E-state index in [2.05, 4.69) is 4.90 Å². The van der Waals surface area contributed by atoms with Crippen molar-refractivity contribution < 1.29 is 23.8 Å². The van der Waals surface area contributed by atoms with Crippen molar-refractivity contribution in [2.75, 3.05) is 40.3 Å². The average molecular weight is 498 g/mol. The number of amides is 2. The third-order valence-electron chi connectivity index (χ3n) is 5.72. The highest BCUT2D eigenvalue weighted by molar-refractivity contribution is 5.71. The largest absolute Gasteiger partial charge is 0.494 e. The van der Waals surface area contributed by atoms with E-state index in [1.54, 1.807) is 9.80 Å². The molecule has 3 rings (SSSR count). The van der Waals surface area contributed by atoms with Crippen LogP contribution in [0.1, 0.15) is 38.3 Å². The SMILES string of the molecule is CN(C)Cc1ccc(OCC[C@@H]2CN(C(=O)OCc3ccccc3)CCN2C(=O)OC(C)(C)C)cc1. The third-order valence-corrected chi connectivity index (χ3v) is 5.72. The Kier molecular flexibility index (Phi) is 9.58. The molecule has 0 aromatic heterocycles. The molecule has 2 aromatic rings. The summed E-state index contributed by atoms with van der Waals surface area (Å²) in [5, 5.41) is 0. The summed E-state index contributed by atoms with van der Waals surface area (Å²) in [4.78, 5) is 31.1.